The summed E-state index contributed by atoms with van der Waals surface area (Å²) in [4.78, 5) is 1.49. The topological polar surface area (TPSA) is 25.2 Å². The minimum atomic E-state index is 0.533. The summed E-state index contributed by atoms with van der Waals surface area (Å²) in [5.41, 5.74) is 0. The molecule has 1 N–H and O–H groups in total. The van der Waals surface area contributed by atoms with Crippen LogP contribution in [0.4, 0.5) is 0 Å². The highest BCUT2D eigenvalue weighted by molar-refractivity contribution is 7.09. The molecule has 1 atom stereocenters. The molecular formula is C16H23NOS. The van der Waals surface area contributed by atoms with E-state index in [0.717, 1.165) is 18.7 Å². The fourth-order valence-corrected chi connectivity index (χ4v) is 3.03. The van der Waals surface area contributed by atoms with Crippen molar-refractivity contribution < 1.29 is 4.42 Å². The normalized spacial score (nSPS) is 12.7. The van der Waals surface area contributed by atoms with Crippen LogP contribution in [-0.2, 0) is 12.8 Å². The maximum Gasteiger partial charge on any atom is 0.105 e. The smallest absolute Gasteiger partial charge is 0.105 e. The third-order valence-corrected chi connectivity index (χ3v) is 4.20. The molecule has 2 nitrogen and oxygen atoms in total. The number of aryl methyl sites for hydroxylation is 1. The summed E-state index contributed by atoms with van der Waals surface area (Å²) in [6, 6.07) is 8.94. The average Bonchev–Trinajstić information content (AvgIpc) is 3.08. The lowest BCUT2D eigenvalue weighted by atomic mass is 10.0. The third kappa shape index (κ3) is 5.21. The summed E-state index contributed by atoms with van der Waals surface area (Å²) in [6.45, 7) is 3.30. The van der Waals surface area contributed by atoms with Gasteiger partial charge >= 0.3 is 0 Å². The molecule has 2 aromatic rings. The van der Waals surface area contributed by atoms with Crippen molar-refractivity contribution >= 4 is 11.3 Å². The van der Waals surface area contributed by atoms with Crippen LogP contribution in [0, 0.1) is 0 Å². The Balaban J connectivity index is 1.76. The van der Waals surface area contributed by atoms with Crippen molar-refractivity contribution in [2.75, 3.05) is 6.54 Å². The van der Waals surface area contributed by atoms with Crippen LogP contribution in [0.3, 0.4) is 0 Å². The van der Waals surface area contributed by atoms with Crippen LogP contribution in [0.1, 0.15) is 36.8 Å². The molecule has 0 radical (unpaired) electrons. The van der Waals surface area contributed by atoms with Gasteiger partial charge in [0.1, 0.15) is 5.76 Å². The first-order valence-corrected chi connectivity index (χ1v) is 8.04. The lowest BCUT2D eigenvalue weighted by Crippen LogP contribution is -2.31. The van der Waals surface area contributed by atoms with Gasteiger partial charge in [0.05, 0.1) is 6.26 Å². The zero-order valence-corrected chi connectivity index (χ0v) is 12.4. The molecule has 0 aliphatic heterocycles. The van der Waals surface area contributed by atoms with Gasteiger partial charge in [0.2, 0.25) is 0 Å². The van der Waals surface area contributed by atoms with Gasteiger partial charge in [-0.05, 0) is 55.8 Å². The molecule has 0 spiro atoms. The van der Waals surface area contributed by atoms with E-state index in [1.807, 2.05) is 17.4 Å². The molecule has 19 heavy (non-hydrogen) atoms. The number of thiophene rings is 1. The van der Waals surface area contributed by atoms with Crippen molar-refractivity contribution in [3.8, 4) is 0 Å². The van der Waals surface area contributed by atoms with Crippen LogP contribution in [0.2, 0.25) is 0 Å². The van der Waals surface area contributed by atoms with Gasteiger partial charge in [-0.3, -0.25) is 0 Å². The van der Waals surface area contributed by atoms with E-state index in [9.17, 15) is 0 Å². The van der Waals surface area contributed by atoms with E-state index in [-0.39, 0.29) is 0 Å². The lowest BCUT2D eigenvalue weighted by molar-refractivity contribution is 0.417. The number of nitrogens with one attached hydrogen (secondary N) is 1. The molecule has 1 unspecified atom stereocenters. The molecule has 2 heterocycles. The van der Waals surface area contributed by atoms with Crippen LogP contribution in [-0.4, -0.2) is 12.6 Å². The number of rotatable bonds is 9. The van der Waals surface area contributed by atoms with Crippen molar-refractivity contribution in [1.82, 2.24) is 5.32 Å². The van der Waals surface area contributed by atoms with Crippen LogP contribution < -0.4 is 5.32 Å². The van der Waals surface area contributed by atoms with Crippen molar-refractivity contribution in [2.24, 2.45) is 0 Å². The van der Waals surface area contributed by atoms with Crippen LogP contribution in [0.15, 0.2) is 40.3 Å². The Morgan fingerprint density at radius 1 is 1.32 bits per heavy atom. The molecule has 0 amide bonds. The van der Waals surface area contributed by atoms with E-state index in [2.05, 4.69) is 35.8 Å². The molecule has 0 fully saturated rings. The zero-order chi connectivity index (χ0) is 13.3. The first-order valence-electron chi connectivity index (χ1n) is 7.16. The van der Waals surface area contributed by atoms with Crippen molar-refractivity contribution in [2.45, 2.75) is 45.1 Å². The minimum Gasteiger partial charge on any atom is -0.469 e. The summed E-state index contributed by atoms with van der Waals surface area (Å²) >= 11 is 1.86. The van der Waals surface area contributed by atoms with Gasteiger partial charge in [0.25, 0.3) is 0 Å². The molecule has 3 heteroatoms. The molecule has 0 bridgehead atoms. The molecule has 2 rings (SSSR count). The Labute approximate surface area is 119 Å². The minimum absolute atomic E-state index is 0.533. The van der Waals surface area contributed by atoms with Gasteiger partial charge in [-0.1, -0.05) is 13.0 Å². The monoisotopic (exact) mass is 277 g/mol. The molecule has 0 saturated carbocycles. The van der Waals surface area contributed by atoms with Gasteiger partial charge < -0.3 is 9.73 Å². The molecular weight excluding hydrogens is 254 g/mol. The molecule has 104 valence electrons. The molecule has 0 aliphatic carbocycles. The van der Waals surface area contributed by atoms with Gasteiger partial charge in [-0.15, -0.1) is 11.3 Å². The second kappa shape index (κ2) is 8.18. The zero-order valence-electron chi connectivity index (χ0n) is 11.6. The standard InChI is InChI=1S/C16H23NOS/c1-2-10-17-14(13-15-7-4-11-18-15)6-3-8-16-9-5-12-19-16/h4-5,7,9,11-12,14,17H,2-3,6,8,10,13H2,1H3. The summed E-state index contributed by atoms with van der Waals surface area (Å²) in [5.74, 6) is 1.09. The van der Waals surface area contributed by atoms with Gasteiger partial charge in [0.15, 0.2) is 0 Å². The maximum atomic E-state index is 5.46. The van der Waals surface area contributed by atoms with E-state index >= 15 is 0 Å². The largest absolute Gasteiger partial charge is 0.469 e. The fourth-order valence-electron chi connectivity index (χ4n) is 2.27. The Hall–Kier alpha value is -1.06. The quantitative estimate of drug-likeness (QED) is 0.740. The highest BCUT2D eigenvalue weighted by Gasteiger charge is 2.10. The summed E-state index contributed by atoms with van der Waals surface area (Å²) in [7, 11) is 0. The van der Waals surface area contributed by atoms with Crippen LogP contribution in [0.25, 0.3) is 0 Å². The van der Waals surface area contributed by atoms with Gasteiger partial charge in [-0.2, -0.15) is 0 Å². The number of furan rings is 1. The molecule has 2 aromatic heterocycles. The number of hydrogen-bond acceptors (Lipinski definition) is 3. The van der Waals surface area contributed by atoms with Crippen LogP contribution in [0.5, 0.6) is 0 Å². The second-order valence-corrected chi connectivity index (χ2v) is 5.94. The molecule has 0 aliphatic rings. The van der Waals surface area contributed by atoms with E-state index < -0.39 is 0 Å². The fraction of sp³-hybridized carbons (Fsp3) is 0.500. The first-order chi connectivity index (χ1) is 9.38. The molecule has 0 aromatic carbocycles. The SMILES string of the molecule is CCCNC(CCCc1cccs1)Cc1ccco1. The van der Waals surface area contributed by atoms with Crippen molar-refractivity contribution in [3.63, 3.8) is 0 Å². The van der Waals surface area contributed by atoms with E-state index in [1.54, 1.807) is 6.26 Å². The second-order valence-electron chi connectivity index (χ2n) is 4.91. The summed E-state index contributed by atoms with van der Waals surface area (Å²) < 4.78 is 5.46. The van der Waals surface area contributed by atoms with Gasteiger partial charge in [-0.25, -0.2) is 0 Å². The third-order valence-electron chi connectivity index (χ3n) is 3.27. The van der Waals surface area contributed by atoms with E-state index in [0.29, 0.717) is 6.04 Å². The Bertz CT molecular complexity index is 422. The Kier molecular flexibility index (Phi) is 6.18. The van der Waals surface area contributed by atoms with Gasteiger partial charge in [0, 0.05) is 17.3 Å². The predicted molar refractivity (Wildman–Crippen MR) is 81.8 cm³/mol. The van der Waals surface area contributed by atoms with E-state index in [1.165, 1.54) is 30.6 Å². The van der Waals surface area contributed by atoms with Crippen molar-refractivity contribution in [1.29, 1.82) is 0 Å². The first kappa shape index (κ1) is 14.4. The Morgan fingerprint density at radius 3 is 2.95 bits per heavy atom. The average molecular weight is 277 g/mol. The Morgan fingerprint density at radius 2 is 2.26 bits per heavy atom. The van der Waals surface area contributed by atoms with Crippen molar-refractivity contribution in [3.05, 3.63) is 46.5 Å². The van der Waals surface area contributed by atoms with E-state index in [4.69, 9.17) is 4.42 Å². The predicted octanol–water partition coefficient (Wildman–Crippen LogP) is 4.27. The van der Waals surface area contributed by atoms with Crippen LogP contribution >= 0.6 is 11.3 Å². The molecule has 0 saturated heterocycles. The lowest BCUT2D eigenvalue weighted by Gasteiger charge is -2.17. The highest BCUT2D eigenvalue weighted by atomic mass is 32.1. The maximum absolute atomic E-state index is 5.46. The summed E-state index contributed by atoms with van der Waals surface area (Å²) in [5, 5.41) is 5.79. The summed E-state index contributed by atoms with van der Waals surface area (Å²) in [6.07, 6.45) is 7.58. The number of hydrogen-bond donors (Lipinski definition) is 1. The highest BCUT2D eigenvalue weighted by Crippen LogP contribution is 2.14.